The molecule has 0 radical (unpaired) electrons. The molecule has 0 aromatic carbocycles. The van der Waals surface area contributed by atoms with Gasteiger partial charge in [-0.1, -0.05) is 31.3 Å². The molecule has 5 heteroatoms. The van der Waals surface area contributed by atoms with E-state index >= 15 is 0 Å². The summed E-state index contributed by atoms with van der Waals surface area (Å²) in [4.78, 5) is 4.37. The van der Waals surface area contributed by atoms with E-state index in [-0.39, 0.29) is 6.04 Å². The van der Waals surface area contributed by atoms with Crippen molar-refractivity contribution < 1.29 is 4.52 Å². The van der Waals surface area contributed by atoms with Gasteiger partial charge in [-0.25, -0.2) is 0 Å². The normalized spacial score (nSPS) is 18.7. The molecule has 1 aromatic rings. The zero-order valence-electron chi connectivity index (χ0n) is 10.4. The average Bonchev–Trinajstić information content (AvgIpc) is 2.98. The summed E-state index contributed by atoms with van der Waals surface area (Å²) in [6.45, 7) is 2.10. The molecule has 17 heavy (non-hydrogen) atoms. The zero-order chi connectivity index (χ0) is 12.1. The van der Waals surface area contributed by atoms with E-state index in [0.29, 0.717) is 5.89 Å². The minimum atomic E-state index is -0.0993. The van der Waals surface area contributed by atoms with Crippen molar-refractivity contribution >= 4 is 11.8 Å². The van der Waals surface area contributed by atoms with Gasteiger partial charge in [-0.3, -0.25) is 0 Å². The van der Waals surface area contributed by atoms with Crippen molar-refractivity contribution in [2.75, 3.05) is 0 Å². The monoisotopic (exact) mass is 255 g/mol. The number of hydrogen-bond donors (Lipinski definition) is 1. The zero-order valence-corrected chi connectivity index (χ0v) is 11.2. The standard InChI is InChI=1S/C12H21N3OS/c1-2-5-10(13)12-14-11(15-16-12)8-17-9-6-3-4-7-9/h9-10H,2-8,13H2,1H3/t10-/m0/s1. The number of aromatic nitrogens is 2. The molecule has 1 heterocycles. The van der Waals surface area contributed by atoms with Crippen LogP contribution in [0.4, 0.5) is 0 Å². The number of nitrogens with zero attached hydrogens (tertiary/aromatic N) is 2. The summed E-state index contributed by atoms with van der Waals surface area (Å²) in [5.74, 6) is 2.24. The minimum absolute atomic E-state index is 0.0993. The second kappa shape index (κ2) is 6.40. The van der Waals surface area contributed by atoms with Crippen LogP contribution in [0.2, 0.25) is 0 Å². The maximum atomic E-state index is 5.93. The molecule has 0 saturated heterocycles. The number of thioether (sulfide) groups is 1. The molecule has 0 amide bonds. The van der Waals surface area contributed by atoms with Gasteiger partial charge in [0.2, 0.25) is 5.89 Å². The van der Waals surface area contributed by atoms with E-state index in [1.54, 1.807) is 0 Å². The Labute approximate surface area is 107 Å². The molecule has 0 bridgehead atoms. The quantitative estimate of drug-likeness (QED) is 0.846. The lowest BCUT2D eigenvalue weighted by molar-refractivity contribution is 0.345. The van der Waals surface area contributed by atoms with Crippen LogP contribution in [-0.4, -0.2) is 15.4 Å². The third-order valence-electron chi connectivity index (χ3n) is 3.15. The van der Waals surface area contributed by atoms with Crippen LogP contribution in [0, 0.1) is 0 Å². The van der Waals surface area contributed by atoms with Crippen molar-refractivity contribution in [3.05, 3.63) is 11.7 Å². The summed E-state index contributed by atoms with van der Waals surface area (Å²) >= 11 is 1.95. The maximum absolute atomic E-state index is 5.93. The van der Waals surface area contributed by atoms with E-state index in [0.717, 1.165) is 29.7 Å². The third kappa shape index (κ3) is 3.71. The van der Waals surface area contributed by atoms with Crippen molar-refractivity contribution in [1.82, 2.24) is 10.1 Å². The molecular weight excluding hydrogens is 234 g/mol. The summed E-state index contributed by atoms with van der Waals surface area (Å²) in [5, 5.41) is 4.79. The van der Waals surface area contributed by atoms with Crippen LogP contribution >= 0.6 is 11.8 Å². The Morgan fingerprint density at radius 1 is 1.47 bits per heavy atom. The largest absolute Gasteiger partial charge is 0.338 e. The fourth-order valence-electron chi connectivity index (χ4n) is 2.16. The Hall–Kier alpha value is -0.550. The molecule has 1 fully saturated rings. The van der Waals surface area contributed by atoms with E-state index < -0.39 is 0 Å². The van der Waals surface area contributed by atoms with Crippen molar-refractivity contribution in [1.29, 1.82) is 0 Å². The SMILES string of the molecule is CCC[C@H](N)c1nc(CSC2CCCC2)no1. The summed E-state index contributed by atoms with van der Waals surface area (Å²) < 4.78 is 5.19. The van der Waals surface area contributed by atoms with Crippen molar-refractivity contribution in [2.45, 2.75) is 62.5 Å². The Morgan fingerprint density at radius 3 is 2.94 bits per heavy atom. The summed E-state index contributed by atoms with van der Waals surface area (Å²) in [7, 11) is 0. The first-order valence-corrected chi connectivity index (χ1v) is 7.54. The van der Waals surface area contributed by atoms with Crippen LogP contribution in [-0.2, 0) is 5.75 Å². The minimum Gasteiger partial charge on any atom is -0.338 e. The highest BCUT2D eigenvalue weighted by Gasteiger charge is 2.18. The second-order valence-corrected chi connectivity index (χ2v) is 5.95. The summed E-state index contributed by atoms with van der Waals surface area (Å²) in [6.07, 6.45) is 7.36. The Morgan fingerprint density at radius 2 is 2.24 bits per heavy atom. The predicted molar refractivity (Wildman–Crippen MR) is 69.7 cm³/mol. The molecule has 4 nitrogen and oxygen atoms in total. The molecule has 1 aliphatic carbocycles. The lowest BCUT2D eigenvalue weighted by Gasteiger charge is -2.05. The van der Waals surface area contributed by atoms with Gasteiger partial charge in [-0.15, -0.1) is 0 Å². The van der Waals surface area contributed by atoms with Crippen LogP contribution in [0.3, 0.4) is 0 Å². The highest BCUT2D eigenvalue weighted by Crippen LogP contribution is 2.31. The van der Waals surface area contributed by atoms with Crippen molar-refractivity contribution in [3.63, 3.8) is 0 Å². The molecule has 96 valence electrons. The first kappa shape index (κ1) is 12.9. The van der Waals surface area contributed by atoms with E-state index in [1.807, 2.05) is 11.8 Å². The maximum Gasteiger partial charge on any atom is 0.243 e. The molecular formula is C12H21N3OS. The van der Waals surface area contributed by atoms with Gasteiger partial charge in [0, 0.05) is 5.25 Å². The van der Waals surface area contributed by atoms with Crippen LogP contribution in [0.25, 0.3) is 0 Å². The molecule has 2 N–H and O–H groups in total. The van der Waals surface area contributed by atoms with E-state index in [2.05, 4.69) is 17.1 Å². The Kier molecular flexibility index (Phi) is 4.86. The van der Waals surface area contributed by atoms with Crippen LogP contribution < -0.4 is 5.73 Å². The van der Waals surface area contributed by atoms with Gasteiger partial charge in [-0.05, 0) is 19.3 Å². The topological polar surface area (TPSA) is 64.9 Å². The van der Waals surface area contributed by atoms with Crippen LogP contribution in [0.5, 0.6) is 0 Å². The van der Waals surface area contributed by atoms with Crippen molar-refractivity contribution in [2.24, 2.45) is 5.73 Å². The summed E-state index contributed by atoms with van der Waals surface area (Å²) in [6, 6.07) is -0.0993. The van der Waals surface area contributed by atoms with E-state index in [4.69, 9.17) is 10.3 Å². The molecule has 2 rings (SSSR count). The Bertz CT molecular complexity index is 336. The van der Waals surface area contributed by atoms with Crippen molar-refractivity contribution in [3.8, 4) is 0 Å². The molecule has 0 unspecified atom stereocenters. The van der Waals surface area contributed by atoms with E-state index in [1.165, 1.54) is 25.7 Å². The van der Waals surface area contributed by atoms with Gasteiger partial charge in [0.25, 0.3) is 0 Å². The van der Waals surface area contributed by atoms with Crippen LogP contribution in [0.15, 0.2) is 4.52 Å². The highest BCUT2D eigenvalue weighted by atomic mass is 32.2. The summed E-state index contributed by atoms with van der Waals surface area (Å²) in [5.41, 5.74) is 5.93. The molecule has 0 spiro atoms. The lowest BCUT2D eigenvalue weighted by Crippen LogP contribution is -2.10. The van der Waals surface area contributed by atoms with Crippen LogP contribution in [0.1, 0.15) is 63.2 Å². The fraction of sp³-hybridized carbons (Fsp3) is 0.833. The predicted octanol–water partition coefficient (Wildman–Crippen LogP) is 3.05. The number of hydrogen-bond acceptors (Lipinski definition) is 5. The van der Waals surface area contributed by atoms with Gasteiger partial charge < -0.3 is 10.3 Å². The molecule has 1 atom stereocenters. The molecule has 0 aliphatic heterocycles. The molecule has 1 aliphatic rings. The number of nitrogens with two attached hydrogens (primary N) is 1. The van der Waals surface area contributed by atoms with Gasteiger partial charge in [0.15, 0.2) is 5.82 Å². The van der Waals surface area contributed by atoms with Gasteiger partial charge in [0.05, 0.1) is 11.8 Å². The van der Waals surface area contributed by atoms with E-state index in [9.17, 15) is 0 Å². The molecule has 1 aromatic heterocycles. The Balaban J connectivity index is 1.80. The number of rotatable bonds is 6. The fourth-order valence-corrected chi connectivity index (χ4v) is 3.33. The van der Waals surface area contributed by atoms with Gasteiger partial charge in [0.1, 0.15) is 0 Å². The highest BCUT2D eigenvalue weighted by molar-refractivity contribution is 7.99. The smallest absolute Gasteiger partial charge is 0.243 e. The molecule has 1 saturated carbocycles. The first-order valence-electron chi connectivity index (χ1n) is 6.49. The van der Waals surface area contributed by atoms with Gasteiger partial charge in [-0.2, -0.15) is 16.7 Å². The third-order valence-corrected chi connectivity index (χ3v) is 4.52. The van der Waals surface area contributed by atoms with Gasteiger partial charge >= 0.3 is 0 Å². The second-order valence-electron chi connectivity index (χ2n) is 4.66. The first-order chi connectivity index (χ1) is 8.29. The average molecular weight is 255 g/mol. The lowest BCUT2D eigenvalue weighted by atomic mass is 10.2.